The Bertz CT molecular complexity index is 857. The zero-order chi connectivity index (χ0) is 24.2. The number of nitrogens with one attached hydrogen (secondary N) is 1. The number of amides is 1. The van der Waals surface area contributed by atoms with Gasteiger partial charge in [0, 0.05) is 24.9 Å². The van der Waals surface area contributed by atoms with Crippen LogP contribution in [0, 0.1) is 0 Å². The maximum Gasteiger partial charge on any atom is 0.490 e. The lowest BCUT2D eigenvalue weighted by Gasteiger charge is -2.37. The third kappa shape index (κ3) is 6.89. The maximum atomic E-state index is 12.9. The van der Waals surface area contributed by atoms with Crippen LogP contribution in [0.5, 0.6) is 0 Å². The van der Waals surface area contributed by atoms with Crippen molar-refractivity contribution in [2.24, 2.45) is 0 Å². The molecule has 3 aliphatic rings. The molecule has 2 aliphatic heterocycles. The van der Waals surface area contributed by atoms with Crippen molar-refractivity contribution in [1.29, 1.82) is 0 Å². The molecule has 4 rings (SSSR count). The molecule has 0 aromatic carbocycles. The molecule has 1 aliphatic carbocycles. The Labute approximate surface area is 188 Å². The van der Waals surface area contributed by atoms with Gasteiger partial charge >= 0.3 is 18.1 Å². The Kier molecular flexibility index (Phi) is 7.92. The molecule has 0 bridgehead atoms. The Morgan fingerprint density at radius 2 is 1.73 bits per heavy atom. The van der Waals surface area contributed by atoms with E-state index < -0.39 is 18.1 Å². The van der Waals surface area contributed by atoms with Gasteiger partial charge in [0.1, 0.15) is 12.4 Å². The van der Waals surface area contributed by atoms with E-state index in [9.17, 15) is 22.8 Å². The summed E-state index contributed by atoms with van der Waals surface area (Å²) in [5.74, 6) is -1.04. The molecule has 2 saturated heterocycles. The van der Waals surface area contributed by atoms with Crippen molar-refractivity contribution in [1.82, 2.24) is 25.0 Å². The summed E-state index contributed by atoms with van der Waals surface area (Å²) in [6, 6.07) is -0.207. The maximum absolute atomic E-state index is 12.9. The van der Waals surface area contributed by atoms with Gasteiger partial charge in [0.25, 0.3) is 0 Å². The van der Waals surface area contributed by atoms with Gasteiger partial charge in [-0.2, -0.15) is 18.3 Å². The molecule has 10 nitrogen and oxygen atoms in total. The summed E-state index contributed by atoms with van der Waals surface area (Å²) in [5, 5.41) is 23.7. The highest BCUT2D eigenvalue weighted by Crippen LogP contribution is 2.38. The Balaban J connectivity index is 0.000000383. The minimum Gasteiger partial charge on any atom is -0.480 e. The number of hydrogen-bond acceptors (Lipinski definition) is 6. The van der Waals surface area contributed by atoms with Crippen molar-refractivity contribution in [3.05, 3.63) is 11.6 Å². The fourth-order valence-corrected chi connectivity index (χ4v) is 4.25. The highest BCUT2D eigenvalue weighted by Gasteiger charge is 2.38. The number of rotatable bonds is 5. The van der Waals surface area contributed by atoms with Crippen LogP contribution in [0.4, 0.5) is 13.2 Å². The Morgan fingerprint density at radius 1 is 1.03 bits per heavy atom. The minimum absolute atomic E-state index is 0.0285. The number of piperidine rings is 1. The molecule has 1 saturated carbocycles. The van der Waals surface area contributed by atoms with Crippen LogP contribution in [0.3, 0.4) is 0 Å². The number of H-pyrrole nitrogens is 1. The number of halogens is 3. The van der Waals surface area contributed by atoms with Gasteiger partial charge in [-0.25, -0.2) is 9.78 Å². The molecule has 33 heavy (non-hydrogen) atoms. The van der Waals surface area contributed by atoms with E-state index in [0.717, 1.165) is 56.8 Å². The number of carboxylic acids is 2. The van der Waals surface area contributed by atoms with Crippen LogP contribution in [-0.2, 0) is 14.4 Å². The molecule has 2 unspecified atom stereocenters. The summed E-state index contributed by atoms with van der Waals surface area (Å²) in [4.78, 5) is 41.3. The molecule has 1 amide bonds. The first kappa shape index (κ1) is 24.9. The molecule has 0 radical (unpaired) electrons. The first-order chi connectivity index (χ1) is 15.6. The summed E-state index contributed by atoms with van der Waals surface area (Å²) in [6.07, 6.45) is 2.00. The van der Waals surface area contributed by atoms with Crippen molar-refractivity contribution in [3.63, 3.8) is 0 Å². The van der Waals surface area contributed by atoms with Crippen molar-refractivity contribution in [2.45, 2.75) is 69.0 Å². The molecule has 3 fully saturated rings. The van der Waals surface area contributed by atoms with Gasteiger partial charge in [-0.05, 0) is 51.5 Å². The molecule has 2 atom stereocenters. The lowest BCUT2D eigenvalue weighted by atomic mass is 9.95. The molecule has 1 aromatic heterocycles. The summed E-state index contributed by atoms with van der Waals surface area (Å²) >= 11 is 0. The largest absolute Gasteiger partial charge is 0.490 e. The Morgan fingerprint density at radius 3 is 2.33 bits per heavy atom. The van der Waals surface area contributed by atoms with Gasteiger partial charge in [0.15, 0.2) is 5.82 Å². The van der Waals surface area contributed by atoms with Gasteiger partial charge < -0.3 is 15.1 Å². The highest BCUT2D eigenvalue weighted by molar-refractivity contribution is 5.85. The van der Waals surface area contributed by atoms with Gasteiger partial charge in [-0.1, -0.05) is 0 Å². The first-order valence-electron chi connectivity index (χ1n) is 11.0. The van der Waals surface area contributed by atoms with Crippen LogP contribution in [0.2, 0.25) is 0 Å². The fraction of sp³-hybridized carbons (Fsp3) is 0.750. The van der Waals surface area contributed by atoms with Gasteiger partial charge in [0.05, 0.1) is 6.04 Å². The van der Waals surface area contributed by atoms with Crippen LogP contribution in [0.15, 0.2) is 0 Å². The van der Waals surface area contributed by atoms with E-state index in [-0.39, 0.29) is 24.4 Å². The monoisotopic (exact) mass is 475 g/mol. The van der Waals surface area contributed by atoms with E-state index in [4.69, 9.17) is 20.0 Å². The van der Waals surface area contributed by atoms with Crippen LogP contribution in [0.25, 0.3) is 0 Å². The number of aromatic nitrogens is 3. The van der Waals surface area contributed by atoms with Crippen molar-refractivity contribution in [3.8, 4) is 0 Å². The predicted octanol–water partition coefficient (Wildman–Crippen LogP) is 1.96. The minimum atomic E-state index is -5.08. The molecule has 0 spiro atoms. The number of carbonyl (C=O) groups is 3. The van der Waals surface area contributed by atoms with Gasteiger partial charge in [0.2, 0.25) is 5.91 Å². The first-order valence-corrected chi connectivity index (χ1v) is 11.0. The number of aliphatic carboxylic acids is 2. The lowest BCUT2D eigenvalue weighted by molar-refractivity contribution is -0.192. The smallest absolute Gasteiger partial charge is 0.480 e. The van der Waals surface area contributed by atoms with Crippen LogP contribution in [-0.4, -0.2) is 91.4 Å². The number of hydrogen-bond donors (Lipinski definition) is 3. The van der Waals surface area contributed by atoms with Crippen LogP contribution >= 0.6 is 0 Å². The lowest BCUT2D eigenvalue weighted by Crippen LogP contribution is -2.51. The molecule has 3 N–H and O–H groups in total. The van der Waals surface area contributed by atoms with Crippen molar-refractivity contribution >= 4 is 17.8 Å². The van der Waals surface area contributed by atoms with Crippen molar-refractivity contribution < 1.29 is 37.8 Å². The number of alkyl halides is 3. The van der Waals surface area contributed by atoms with Gasteiger partial charge in [-0.15, -0.1) is 0 Å². The average Bonchev–Trinajstić information content (AvgIpc) is 3.51. The van der Waals surface area contributed by atoms with E-state index in [1.807, 2.05) is 0 Å². The quantitative estimate of drug-likeness (QED) is 0.587. The van der Waals surface area contributed by atoms with E-state index in [1.54, 1.807) is 0 Å². The average molecular weight is 475 g/mol. The topological polar surface area (TPSA) is 140 Å². The third-order valence-electron chi connectivity index (χ3n) is 6.06. The van der Waals surface area contributed by atoms with Gasteiger partial charge in [-0.3, -0.25) is 19.6 Å². The molecular weight excluding hydrogens is 447 g/mol. The summed E-state index contributed by atoms with van der Waals surface area (Å²) < 4.78 is 31.7. The summed E-state index contributed by atoms with van der Waals surface area (Å²) in [6.45, 7) is 2.01. The number of nitrogens with zero attached hydrogens (tertiary/aromatic N) is 4. The van der Waals surface area contributed by atoms with E-state index >= 15 is 0 Å². The third-order valence-corrected chi connectivity index (χ3v) is 6.06. The zero-order valence-electron chi connectivity index (χ0n) is 18.1. The van der Waals surface area contributed by atoms with Crippen molar-refractivity contribution in [2.75, 3.05) is 26.2 Å². The molecule has 184 valence electrons. The molecular formula is C20H28F3N5O5. The highest BCUT2D eigenvalue weighted by atomic mass is 19.4. The zero-order valence-corrected chi connectivity index (χ0v) is 18.1. The molecule has 13 heteroatoms. The Hall–Kier alpha value is -2.70. The normalized spacial score (nSPS) is 24.6. The fourth-order valence-electron chi connectivity index (χ4n) is 4.25. The second kappa shape index (κ2) is 10.5. The van der Waals surface area contributed by atoms with E-state index in [1.165, 1.54) is 17.7 Å². The number of carbonyl (C=O) groups excluding carboxylic acids is 1. The SMILES string of the molecule is O=C(O)C(F)(F)F.O=C(O)CN1CCCCC(N2CCCC(c3n[nH]c(C4CC4)n3)C2)C1=O. The summed E-state index contributed by atoms with van der Waals surface area (Å²) in [5.41, 5.74) is 0. The molecule has 3 heterocycles. The van der Waals surface area contributed by atoms with Crippen LogP contribution in [0.1, 0.15) is 68.4 Å². The van der Waals surface area contributed by atoms with E-state index in [0.29, 0.717) is 12.5 Å². The second-order valence-electron chi connectivity index (χ2n) is 8.66. The van der Waals surface area contributed by atoms with E-state index in [2.05, 4.69) is 15.1 Å². The predicted molar refractivity (Wildman–Crippen MR) is 107 cm³/mol. The standard InChI is InChI=1S/C18H27N5O3.C2HF3O2/c24-15(25)11-23-8-2-1-5-14(18(23)26)22-9-3-4-13(10-22)17-19-16(20-21-17)12-6-7-12;3-2(4,5)1(6)7/h12-14H,1-11H2,(H,24,25)(H,19,20,21);(H,6,7). The number of aromatic amines is 1. The summed E-state index contributed by atoms with van der Waals surface area (Å²) in [7, 11) is 0. The number of likely N-dealkylation sites (tertiary alicyclic amines) is 2. The molecule has 1 aromatic rings. The second-order valence-corrected chi connectivity index (χ2v) is 8.66. The number of carboxylic acid groups (broad SMARTS) is 2. The van der Waals surface area contributed by atoms with Crippen LogP contribution < -0.4 is 0 Å².